The fourth-order valence-electron chi connectivity index (χ4n) is 1.04. The van der Waals surface area contributed by atoms with Gasteiger partial charge in [0.05, 0.1) is 0 Å². The third kappa shape index (κ3) is 3.39. The highest BCUT2D eigenvalue weighted by Gasteiger charge is 1.91. The smallest absolute Gasteiger partial charge is 0.0241 e. The van der Waals surface area contributed by atoms with Crippen molar-refractivity contribution >= 4 is 22.6 Å². The van der Waals surface area contributed by atoms with Crippen LogP contribution in [0.2, 0.25) is 0 Å². The van der Waals surface area contributed by atoms with E-state index in [0.717, 1.165) is 6.42 Å². The maximum Gasteiger partial charge on any atom is -0.0241 e. The summed E-state index contributed by atoms with van der Waals surface area (Å²) < 4.78 is 2.15. The molecule has 0 unspecified atom stereocenters. The van der Waals surface area contributed by atoms with Crippen LogP contribution in [0.1, 0.15) is 18.9 Å². The van der Waals surface area contributed by atoms with Gasteiger partial charge in [0.25, 0.3) is 0 Å². The number of allylic oxidation sites excluding steroid dienone is 1. The van der Waals surface area contributed by atoms with Crippen molar-refractivity contribution in [2.75, 3.05) is 0 Å². The van der Waals surface area contributed by atoms with Crippen molar-refractivity contribution in [2.24, 2.45) is 0 Å². The molecule has 1 heteroatoms. The lowest BCUT2D eigenvalue weighted by atomic mass is 10.1. The van der Waals surface area contributed by atoms with E-state index in [2.05, 4.69) is 63.9 Å². The second kappa shape index (κ2) is 5.36. The minimum Gasteiger partial charge on any atom is -0.0669 e. The molecule has 1 aromatic rings. The molecule has 0 fully saturated rings. The SMILES string of the molecule is C/C(=C/I)CCc1ccccc1. The number of hydrogen-bond acceptors (Lipinski definition) is 0. The number of aryl methyl sites for hydroxylation is 1. The highest BCUT2D eigenvalue weighted by molar-refractivity contribution is 14.1. The molecule has 0 heterocycles. The van der Waals surface area contributed by atoms with Gasteiger partial charge in [-0.15, -0.1) is 0 Å². The third-order valence-electron chi connectivity index (χ3n) is 1.84. The highest BCUT2D eigenvalue weighted by atomic mass is 127. The first-order valence-electron chi connectivity index (χ1n) is 4.12. The average Bonchev–Trinajstić information content (AvgIpc) is 2.16. The van der Waals surface area contributed by atoms with Crippen molar-refractivity contribution in [3.8, 4) is 0 Å². The fraction of sp³-hybridized carbons (Fsp3) is 0.273. The Morgan fingerprint density at radius 2 is 2.00 bits per heavy atom. The second-order valence-electron chi connectivity index (χ2n) is 2.94. The first kappa shape index (κ1) is 9.78. The van der Waals surface area contributed by atoms with Gasteiger partial charge < -0.3 is 0 Å². The van der Waals surface area contributed by atoms with Crippen LogP contribution in [-0.4, -0.2) is 0 Å². The summed E-state index contributed by atoms with van der Waals surface area (Å²) in [6, 6.07) is 10.6. The Kier molecular flexibility index (Phi) is 4.36. The van der Waals surface area contributed by atoms with Crippen molar-refractivity contribution in [1.82, 2.24) is 0 Å². The summed E-state index contributed by atoms with van der Waals surface area (Å²) in [5.41, 5.74) is 2.88. The molecule has 12 heavy (non-hydrogen) atoms. The van der Waals surface area contributed by atoms with Gasteiger partial charge in [0.1, 0.15) is 0 Å². The zero-order chi connectivity index (χ0) is 8.81. The van der Waals surface area contributed by atoms with Crippen LogP contribution in [0.4, 0.5) is 0 Å². The molecule has 0 spiro atoms. The van der Waals surface area contributed by atoms with E-state index in [1.165, 1.54) is 17.6 Å². The molecule has 0 nitrogen and oxygen atoms in total. The van der Waals surface area contributed by atoms with E-state index in [1.54, 1.807) is 0 Å². The molecule has 0 bridgehead atoms. The maximum atomic E-state index is 2.29. The van der Waals surface area contributed by atoms with Crippen LogP contribution in [0.5, 0.6) is 0 Å². The van der Waals surface area contributed by atoms with Gasteiger partial charge in [-0.3, -0.25) is 0 Å². The van der Waals surface area contributed by atoms with E-state index in [-0.39, 0.29) is 0 Å². The van der Waals surface area contributed by atoms with Crippen LogP contribution in [0.15, 0.2) is 40.0 Å². The second-order valence-corrected chi connectivity index (χ2v) is 3.56. The van der Waals surface area contributed by atoms with E-state index in [1.807, 2.05) is 0 Å². The fourth-order valence-corrected chi connectivity index (χ4v) is 1.35. The molecule has 0 aromatic heterocycles. The molecular formula is C11H13I. The molecule has 64 valence electrons. The molecule has 0 amide bonds. The Morgan fingerprint density at radius 1 is 1.33 bits per heavy atom. The molecule has 1 aromatic carbocycles. The minimum atomic E-state index is 1.16. The van der Waals surface area contributed by atoms with Crippen molar-refractivity contribution in [3.05, 3.63) is 45.6 Å². The summed E-state index contributed by atoms with van der Waals surface area (Å²) in [4.78, 5) is 0. The van der Waals surface area contributed by atoms with E-state index in [9.17, 15) is 0 Å². The summed E-state index contributed by atoms with van der Waals surface area (Å²) in [6.07, 6.45) is 2.33. The molecule has 0 aliphatic heterocycles. The van der Waals surface area contributed by atoms with Crippen LogP contribution >= 0.6 is 22.6 Å². The van der Waals surface area contributed by atoms with Crippen molar-refractivity contribution in [1.29, 1.82) is 0 Å². The monoisotopic (exact) mass is 272 g/mol. The quantitative estimate of drug-likeness (QED) is 0.731. The largest absolute Gasteiger partial charge is 0.0669 e. The zero-order valence-electron chi connectivity index (χ0n) is 7.26. The summed E-state index contributed by atoms with van der Waals surface area (Å²) in [6.45, 7) is 2.18. The van der Waals surface area contributed by atoms with Gasteiger partial charge in [-0.05, 0) is 29.4 Å². The molecule has 0 aliphatic rings. The first-order chi connectivity index (χ1) is 5.83. The minimum absolute atomic E-state index is 1.16. The average molecular weight is 272 g/mol. The van der Waals surface area contributed by atoms with E-state index in [0.29, 0.717) is 0 Å². The lowest BCUT2D eigenvalue weighted by molar-refractivity contribution is 0.945. The van der Waals surface area contributed by atoms with Gasteiger partial charge in [-0.1, -0.05) is 58.5 Å². The van der Waals surface area contributed by atoms with Crippen molar-refractivity contribution < 1.29 is 0 Å². The standard InChI is InChI=1S/C11H13I/c1-10(9-12)7-8-11-5-3-2-4-6-11/h2-6,9H,7-8H2,1H3/b10-9-. The van der Waals surface area contributed by atoms with Crippen LogP contribution < -0.4 is 0 Å². The number of rotatable bonds is 3. The summed E-state index contributed by atoms with van der Waals surface area (Å²) in [5, 5.41) is 0. The Morgan fingerprint density at radius 3 is 2.58 bits per heavy atom. The van der Waals surface area contributed by atoms with Gasteiger partial charge >= 0.3 is 0 Å². The number of halogens is 1. The maximum absolute atomic E-state index is 2.29. The summed E-state index contributed by atoms with van der Waals surface area (Å²) >= 11 is 2.29. The molecule has 0 saturated heterocycles. The van der Waals surface area contributed by atoms with Crippen LogP contribution in [-0.2, 0) is 6.42 Å². The first-order valence-corrected chi connectivity index (χ1v) is 5.37. The number of hydrogen-bond donors (Lipinski definition) is 0. The Labute approximate surface area is 87.8 Å². The topological polar surface area (TPSA) is 0 Å². The normalized spacial score (nSPS) is 11.7. The Balaban J connectivity index is 2.44. The predicted molar refractivity (Wildman–Crippen MR) is 62.5 cm³/mol. The van der Waals surface area contributed by atoms with Crippen molar-refractivity contribution in [2.45, 2.75) is 19.8 Å². The van der Waals surface area contributed by atoms with E-state index >= 15 is 0 Å². The van der Waals surface area contributed by atoms with Gasteiger partial charge in [0, 0.05) is 0 Å². The number of benzene rings is 1. The zero-order valence-corrected chi connectivity index (χ0v) is 9.41. The van der Waals surface area contributed by atoms with Crippen LogP contribution in [0.25, 0.3) is 0 Å². The lowest BCUT2D eigenvalue weighted by Gasteiger charge is -1.99. The molecule has 0 N–H and O–H groups in total. The molecule has 0 radical (unpaired) electrons. The highest BCUT2D eigenvalue weighted by Crippen LogP contribution is 2.09. The lowest BCUT2D eigenvalue weighted by Crippen LogP contribution is -1.84. The molecule has 0 saturated carbocycles. The predicted octanol–water partition coefficient (Wildman–Crippen LogP) is 3.96. The van der Waals surface area contributed by atoms with Gasteiger partial charge in [-0.2, -0.15) is 0 Å². The molecule has 0 atom stereocenters. The summed E-state index contributed by atoms with van der Waals surface area (Å²) in [7, 11) is 0. The van der Waals surface area contributed by atoms with Crippen LogP contribution in [0.3, 0.4) is 0 Å². The van der Waals surface area contributed by atoms with Gasteiger partial charge in [-0.25, -0.2) is 0 Å². The van der Waals surface area contributed by atoms with Crippen molar-refractivity contribution in [3.63, 3.8) is 0 Å². The Hall–Kier alpha value is -0.310. The molecular weight excluding hydrogens is 259 g/mol. The Bertz CT molecular complexity index is 249. The molecule has 0 aliphatic carbocycles. The van der Waals surface area contributed by atoms with Crippen LogP contribution in [0, 0.1) is 0 Å². The van der Waals surface area contributed by atoms with E-state index < -0.39 is 0 Å². The third-order valence-corrected chi connectivity index (χ3v) is 2.90. The summed E-state index contributed by atoms with van der Waals surface area (Å²) in [5.74, 6) is 0. The van der Waals surface area contributed by atoms with Gasteiger partial charge in [0.15, 0.2) is 0 Å². The molecule has 1 rings (SSSR count). The van der Waals surface area contributed by atoms with E-state index in [4.69, 9.17) is 0 Å². The van der Waals surface area contributed by atoms with Gasteiger partial charge in [0.2, 0.25) is 0 Å².